The fourth-order valence-electron chi connectivity index (χ4n) is 3.19. The van der Waals surface area contributed by atoms with E-state index in [2.05, 4.69) is 10.2 Å². The van der Waals surface area contributed by atoms with Crippen molar-refractivity contribution in [3.05, 3.63) is 64.7 Å². The molecule has 5 nitrogen and oxygen atoms in total. The molecular weight excluding hydrogens is 364 g/mol. The number of phenolic OH excluding ortho intramolecular Hbond substituents is 1. The maximum atomic E-state index is 12.6. The Hall–Kier alpha value is -2.08. The van der Waals surface area contributed by atoms with Gasteiger partial charge >= 0.3 is 0 Å². The number of halogens is 1. The number of aryl methyl sites for hydroxylation is 1. The number of benzene rings is 2. The Labute approximate surface area is 164 Å². The summed E-state index contributed by atoms with van der Waals surface area (Å²) in [4.78, 5) is 14.9. The van der Waals surface area contributed by atoms with Crippen LogP contribution in [0.3, 0.4) is 0 Å². The molecule has 0 spiro atoms. The third kappa shape index (κ3) is 5.96. The normalized spacial score (nSPS) is 16.0. The first-order valence-electron chi connectivity index (χ1n) is 9.23. The molecule has 1 saturated heterocycles. The van der Waals surface area contributed by atoms with Crippen molar-refractivity contribution in [1.82, 2.24) is 10.2 Å². The SMILES string of the molecule is O=C(CCc1ccc(O)c(Cl)c1)N[C@H](CN1CCOCC1)c1ccccc1. The summed E-state index contributed by atoms with van der Waals surface area (Å²) in [6, 6.07) is 15.0. The molecule has 1 fully saturated rings. The third-order valence-electron chi connectivity index (χ3n) is 4.73. The van der Waals surface area contributed by atoms with E-state index in [4.69, 9.17) is 16.3 Å². The summed E-state index contributed by atoms with van der Waals surface area (Å²) in [5.74, 6) is 0.0563. The van der Waals surface area contributed by atoms with Crippen molar-refractivity contribution in [2.75, 3.05) is 32.8 Å². The fourth-order valence-corrected chi connectivity index (χ4v) is 3.40. The van der Waals surface area contributed by atoms with Gasteiger partial charge in [0.15, 0.2) is 0 Å². The highest BCUT2D eigenvalue weighted by molar-refractivity contribution is 6.32. The zero-order valence-corrected chi connectivity index (χ0v) is 16.0. The zero-order valence-electron chi connectivity index (χ0n) is 15.2. The highest BCUT2D eigenvalue weighted by atomic mass is 35.5. The quantitative estimate of drug-likeness (QED) is 0.764. The van der Waals surface area contributed by atoms with Gasteiger partial charge in [-0.05, 0) is 29.7 Å². The average Bonchev–Trinajstić information content (AvgIpc) is 2.70. The number of nitrogens with one attached hydrogen (secondary N) is 1. The monoisotopic (exact) mass is 388 g/mol. The van der Waals surface area contributed by atoms with E-state index in [1.165, 1.54) is 0 Å². The van der Waals surface area contributed by atoms with Crippen molar-refractivity contribution >= 4 is 17.5 Å². The van der Waals surface area contributed by atoms with Crippen molar-refractivity contribution < 1.29 is 14.6 Å². The lowest BCUT2D eigenvalue weighted by molar-refractivity contribution is -0.122. The largest absolute Gasteiger partial charge is 0.506 e. The Balaban J connectivity index is 1.60. The number of hydrogen-bond acceptors (Lipinski definition) is 4. The topological polar surface area (TPSA) is 61.8 Å². The van der Waals surface area contributed by atoms with Crippen LogP contribution in [0.5, 0.6) is 5.75 Å². The first-order valence-corrected chi connectivity index (χ1v) is 9.61. The third-order valence-corrected chi connectivity index (χ3v) is 5.04. The summed E-state index contributed by atoms with van der Waals surface area (Å²) in [6.07, 6.45) is 0.943. The van der Waals surface area contributed by atoms with Crippen LogP contribution in [-0.4, -0.2) is 48.8 Å². The summed E-state index contributed by atoms with van der Waals surface area (Å²) >= 11 is 5.94. The van der Waals surface area contributed by atoms with Gasteiger partial charge in [0.05, 0.1) is 24.3 Å². The molecule has 0 radical (unpaired) electrons. The van der Waals surface area contributed by atoms with E-state index in [0.29, 0.717) is 17.9 Å². The smallest absolute Gasteiger partial charge is 0.220 e. The van der Waals surface area contributed by atoms with Gasteiger partial charge in [0.2, 0.25) is 5.91 Å². The minimum absolute atomic E-state index is 0.00121. The lowest BCUT2D eigenvalue weighted by Gasteiger charge is -2.31. The van der Waals surface area contributed by atoms with Crippen LogP contribution in [0.25, 0.3) is 0 Å². The summed E-state index contributed by atoms with van der Waals surface area (Å²) in [5, 5.41) is 13.0. The number of ether oxygens (including phenoxy) is 1. The molecule has 6 heteroatoms. The van der Waals surface area contributed by atoms with E-state index in [1.54, 1.807) is 18.2 Å². The van der Waals surface area contributed by atoms with Crippen LogP contribution in [0.4, 0.5) is 0 Å². The molecule has 2 aromatic carbocycles. The van der Waals surface area contributed by atoms with E-state index >= 15 is 0 Å². The lowest BCUT2D eigenvalue weighted by Crippen LogP contribution is -2.43. The molecule has 2 aromatic rings. The Morgan fingerprint density at radius 1 is 1.19 bits per heavy atom. The van der Waals surface area contributed by atoms with E-state index in [9.17, 15) is 9.90 Å². The number of nitrogens with zero attached hydrogens (tertiary/aromatic N) is 1. The number of phenols is 1. The van der Waals surface area contributed by atoms with Crippen molar-refractivity contribution in [1.29, 1.82) is 0 Å². The Morgan fingerprint density at radius 3 is 2.63 bits per heavy atom. The molecule has 144 valence electrons. The van der Waals surface area contributed by atoms with Crippen molar-refractivity contribution in [3.8, 4) is 5.75 Å². The summed E-state index contributed by atoms with van der Waals surface area (Å²) in [5.41, 5.74) is 2.03. The molecule has 0 saturated carbocycles. The first-order chi connectivity index (χ1) is 13.1. The molecule has 0 bridgehead atoms. The highest BCUT2D eigenvalue weighted by Gasteiger charge is 2.20. The predicted molar refractivity (Wildman–Crippen MR) is 106 cm³/mol. The predicted octanol–water partition coefficient (Wildman–Crippen LogP) is 3.17. The second-order valence-electron chi connectivity index (χ2n) is 6.73. The Bertz CT molecular complexity index is 748. The first kappa shape index (κ1) is 19.7. The molecule has 3 rings (SSSR count). The van der Waals surface area contributed by atoms with E-state index in [-0.39, 0.29) is 17.7 Å². The number of hydrogen-bond donors (Lipinski definition) is 2. The van der Waals surface area contributed by atoms with Crippen LogP contribution in [-0.2, 0) is 16.0 Å². The van der Waals surface area contributed by atoms with E-state index in [0.717, 1.165) is 44.0 Å². The molecule has 1 heterocycles. The van der Waals surface area contributed by atoms with Gasteiger partial charge < -0.3 is 15.2 Å². The molecule has 1 aliphatic heterocycles. The van der Waals surface area contributed by atoms with Crippen molar-refractivity contribution in [3.63, 3.8) is 0 Å². The van der Waals surface area contributed by atoms with Crippen molar-refractivity contribution in [2.24, 2.45) is 0 Å². The zero-order chi connectivity index (χ0) is 19.1. The van der Waals surface area contributed by atoms with Gasteiger partial charge in [-0.25, -0.2) is 0 Å². The van der Waals surface area contributed by atoms with Gasteiger partial charge in [0, 0.05) is 26.1 Å². The number of rotatable bonds is 7. The average molecular weight is 389 g/mol. The fraction of sp³-hybridized carbons (Fsp3) is 0.381. The molecule has 1 aliphatic rings. The second-order valence-corrected chi connectivity index (χ2v) is 7.14. The minimum Gasteiger partial charge on any atom is -0.506 e. The Morgan fingerprint density at radius 2 is 1.93 bits per heavy atom. The number of aromatic hydroxyl groups is 1. The van der Waals surface area contributed by atoms with Gasteiger partial charge in [0.1, 0.15) is 5.75 Å². The van der Waals surface area contributed by atoms with Crippen LogP contribution < -0.4 is 5.32 Å². The van der Waals surface area contributed by atoms with Crippen LogP contribution in [0.2, 0.25) is 5.02 Å². The maximum absolute atomic E-state index is 12.6. The van der Waals surface area contributed by atoms with E-state index < -0.39 is 0 Å². The molecule has 0 aliphatic carbocycles. The van der Waals surface area contributed by atoms with Gasteiger partial charge in [-0.2, -0.15) is 0 Å². The molecule has 27 heavy (non-hydrogen) atoms. The number of carbonyl (C=O) groups excluding carboxylic acids is 1. The summed E-state index contributed by atoms with van der Waals surface area (Å²) in [6.45, 7) is 3.99. The van der Waals surface area contributed by atoms with E-state index in [1.807, 2.05) is 30.3 Å². The molecule has 0 aromatic heterocycles. The number of carbonyl (C=O) groups is 1. The van der Waals surface area contributed by atoms with Crippen LogP contribution in [0.1, 0.15) is 23.6 Å². The molecule has 0 unspecified atom stereocenters. The maximum Gasteiger partial charge on any atom is 0.220 e. The molecule has 1 atom stereocenters. The second kappa shape index (κ2) is 9.74. The van der Waals surface area contributed by atoms with Crippen LogP contribution in [0, 0.1) is 0 Å². The summed E-state index contributed by atoms with van der Waals surface area (Å²) < 4.78 is 5.42. The minimum atomic E-state index is -0.0554. The van der Waals surface area contributed by atoms with Gasteiger partial charge in [-0.3, -0.25) is 9.69 Å². The van der Waals surface area contributed by atoms with Crippen molar-refractivity contribution in [2.45, 2.75) is 18.9 Å². The molecule has 2 N–H and O–H groups in total. The van der Waals surface area contributed by atoms with Crippen LogP contribution in [0.15, 0.2) is 48.5 Å². The number of morpholine rings is 1. The molecular formula is C21H25ClN2O3. The number of amides is 1. The standard InChI is InChI=1S/C21H25ClN2O3/c22-18-14-16(6-8-20(18)25)7-9-21(26)23-19(17-4-2-1-3-5-17)15-24-10-12-27-13-11-24/h1-6,8,14,19,25H,7,9-13,15H2,(H,23,26)/t19-/m1/s1. The molecule has 1 amide bonds. The Kier molecular flexibility index (Phi) is 7.10. The van der Waals surface area contributed by atoms with Gasteiger partial charge in [0.25, 0.3) is 0 Å². The summed E-state index contributed by atoms with van der Waals surface area (Å²) in [7, 11) is 0. The lowest BCUT2D eigenvalue weighted by atomic mass is 10.0. The van der Waals surface area contributed by atoms with Crippen LogP contribution >= 0.6 is 11.6 Å². The van der Waals surface area contributed by atoms with Gasteiger partial charge in [-0.15, -0.1) is 0 Å². The van der Waals surface area contributed by atoms with Gasteiger partial charge in [-0.1, -0.05) is 48.0 Å². The highest BCUT2D eigenvalue weighted by Crippen LogP contribution is 2.24.